The van der Waals surface area contributed by atoms with Gasteiger partial charge in [-0.05, 0) is 23.6 Å². The normalized spacial score (nSPS) is 12.2. The van der Waals surface area contributed by atoms with E-state index in [4.69, 9.17) is 16.3 Å². The number of carbonyl (C=O) groups excluding carboxylic acids is 1. The molecule has 0 aromatic heterocycles. The van der Waals surface area contributed by atoms with Crippen molar-refractivity contribution in [1.82, 2.24) is 5.32 Å². The van der Waals surface area contributed by atoms with Crippen molar-refractivity contribution in [3.8, 4) is 0 Å². The lowest BCUT2D eigenvalue weighted by atomic mass is 10.1. The fourth-order valence-corrected chi connectivity index (χ4v) is 1.64. The highest BCUT2D eigenvalue weighted by atomic mass is 35.5. The largest absolute Gasteiger partial charge is 0.384 e. The van der Waals surface area contributed by atoms with Crippen LogP contribution >= 0.6 is 11.6 Å². The van der Waals surface area contributed by atoms with Crippen LogP contribution in [0.3, 0.4) is 0 Å². The molecule has 0 saturated heterocycles. The molecule has 0 bridgehead atoms. The van der Waals surface area contributed by atoms with Crippen LogP contribution in [0.15, 0.2) is 24.3 Å². The standard InChI is InChI=1S/C13H18ClNO2/c1-10(9-17-2)8-15-13(16)12-5-3-11(7-14)4-6-12/h3-6,10H,7-9H2,1-2H3,(H,15,16). The minimum absolute atomic E-state index is 0.0610. The number of rotatable bonds is 6. The fourth-order valence-electron chi connectivity index (χ4n) is 1.46. The maximum atomic E-state index is 11.8. The summed E-state index contributed by atoms with van der Waals surface area (Å²) >= 11 is 5.68. The Balaban J connectivity index is 2.46. The highest BCUT2D eigenvalue weighted by Gasteiger charge is 2.07. The summed E-state index contributed by atoms with van der Waals surface area (Å²) in [5, 5.41) is 2.87. The molecule has 17 heavy (non-hydrogen) atoms. The summed E-state index contributed by atoms with van der Waals surface area (Å²) in [7, 11) is 1.66. The average Bonchev–Trinajstić information content (AvgIpc) is 2.36. The van der Waals surface area contributed by atoms with Gasteiger partial charge in [-0.1, -0.05) is 19.1 Å². The minimum Gasteiger partial charge on any atom is -0.384 e. The molecule has 4 heteroatoms. The van der Waals surface area contributed by atoms with Crippen LogP contribution in [0.4, 0.5) is 0 Å². The fraction of sp³-hybridized carbons (Fsp3) is 0.462. The Morgan fingerprint density at radius 2 is 2.06 bits per heavy atom. The van der Waals surface area contributed by atoms with Gasteiger partial charge in [0.1, 0.15) is 0 Å². The van der Waals surface area contributed by atoms with Gasteiger partial charge in [0.25, 0.3) is 5.91 Å². The SMILES string of the molecule is COCC(C)CNC(=O)c1ccc(CCl)cc1. The number of ether oxygens (including phenoxy) is 1. The maximum absolute atomic E-state index is 11.8. The van der Waals surface area contributed by atoms with E-state index in [1.807, 2.05) is 19.1 Å². The minimum atomic E-state index is -0.0610. The van der Waals surface area contributed by atoms with Crippen molar-refractivity contribution in [1.29, 1.82) is 0 Å². The Bertz CT molecular complexity index is 351. The number of hydrogen-bond acceptors (Lipinski definition) is 2. The maximum Gasteiger partial charge on any atom is 0.251 e. The van der Waals surface area contributed by atoms with Crippen molar-refractivity contribution >= 4 is 17.5 Å². The predicted molar refractivity (Wildman–Crippen MR) is 69.4 cm³/mol. The lowest BCUT2D eigenvalue weighted by Gasteiger charge is -2.11. The Morgan fingerprint density at radius 3 is 2.59 bits per heavy atom. The Labute approximate surface area is 107 Å². The first-order chi connectivity index (χ1) is 8.17. The van der Waals surface area contributed by atoms with Gasteiger partial charge in [-0.2, -0.15) is 0 Å². The average molecular weight is 256 g/mol. The van der Waals surface area contributed by atoms with Crippen LogP contribution in [-0.2, 0) is 10.6 Å². The molecule has 0 fully saturated rings. The Kier molecular flexibility index (Phi) is 6.01. The number of nitrogens with one attached hydrogen (secondary N) is 1. The van der Waals surface area contributed by atoms with Gasteiger partial charge in [0.2, 0.25) is 0 Å². The van der Waals surface area contributed by atoms with E-state index in [0.29, 0.717) is 30.5 Å². The lowest BCUT2D eigenvalue weighted by molar-refractivity contribution is 0.0934. The molecule has 0 saturated carbocycles. The molecule has 1 unspecified atom stereocenters. The molecule has 0 spiro atoms. The van der Waals surface area contributed by atoms with E-state index in [1.165, 1.54) is 0 Å². The molecule has 0 aliphatic heterocycles. The molecule has 1 N–H and O–H groups in total. The monoisotopic (exact) mass is 255 g/mol. The first-order valence-electron chi connectivity index (χ1n) is 5.59. The van der Waals surface area contributed by atoms with Gasteiger partial charge in [0, 0.05) is 25.1 Å². The topological polar surface area (TPSA) is 38.3 Å². The van der Waals surface area contributed by atoms with Crippen LogP contribution in [0.1, 0.15) is 22.8 Å². The van der Waals surface area contributed by atoms with Crippen molar-refractivity contribution in [3.05, 3.63) is 35.4 Å². The number of halogens is 1. The molecule has 0 aliphatic rings. The first-order valence-corrected chi connectivity index (χ1v) is 6.13. The lowest BCUT2D eigenvalue weighted by Crippen LogP contribution is -2.29. The molecule has 3 nitrogen and oxygen atoms in total. The third-order valence-corrected chi connectivity index (χ3v) is 2.74. The van der Waals surface area contributed by atoms with Gasteiger partial charge in [-0.25, -0.2) is 0 Å². The third-order valence-electron chi connectivity index (χ3n) is 2.43. The van der Waals surface area contributed by atoms with E-state index in [9.17, 15) is 4.79 Å². The molecule has 94 valence electrons. The summed E-state index contributed by atoms with van der Waals surface area (Å²) in [6, 6.07) is 7.29. The number of methoxy groups -OCH3 is 1. The van der Waals surface area contributed by atoms with Gasteiger partial charge in [-0.3, -0.25) is 4.79 Å². The molecule has 0 aliphatic carbocycles. The Morgan fingerprint density at radius 1 is 1.41 bits per heavy atom. The summed E-state index contributed by atoms with van der Waals surface area (Å²) in [6.07, 6.45) is 0. The van der Waals surface area contributed by atoms with E-state index >= 15 is 0 Å². The Hall–Kier alpha value is -1.06. The molecule has 1 aromatic carbocycles. The summed E-state index contributed by atoms with van der Waals surface area (Å²) in [5.41, 5.74) is 1.67. The summed E-state index contributed by atoms with van der Waals surface area (Å²) in [4.78, 5) is 11.8. The van der Waals surface area contributed by atoms with Crippen molar-refractivity contribution in [2.24, 2.45) is 5.92 Å². The van der Waals surface area contributed by atoms with E-state index in [2.05, 4.69) is 5.32 Å². The van der Waals surface area contributed by atoms with E-state index in [1.54, 1.807) is 19.2 Å². The van der Waals surface area contributed by atoms with Crippen LogP contribution in [0, 0.1) is 5.92 Å². The van der Waals surface area contributed by atoms with Crippen molar-refractivity contribution < 1.29 is 9.53 Å². The number of hydrogen-bond donors (Lipinski definition) is 1. The first kappa shape index (κ1) is 14.0. The molecule has 0 heterocycles. The number of amides is 1. The predicted octanol–water partition coefficient (Wildman–Crippen LogP) is 2.44. The highest BCUT2D eigenvalue weighted by molar-refractivity contribution is 6.17. The van der Waals surface area contributed by atoms with Crippen LogP contribution in [-0.4, -0.2) is 26.2 Å². The van der Waals surface area contributed by atoms with Gasteiger partial charge in [0.15, 0.2) is 0 Å². The number of alkyl halides is 1. The van der Waals surface area contributed by atoms with E-state index in [0.717, 1.165) is 5.56 Å². The smallest absolute Gasteiger partial charge is 0.251 e. The highest BCUT2D eigenvalue weighted by Crippen LogP contribution is 2.07. The second-order valence-corrected chi connectivity index (χ2v) is 4.37. The van der Waals surface area contributed by atoms with Crippen LogP contribution < -0.4 is 5.32 Å². The van der Waals surface area contributed by atoms with Crippen LogP contribution in [0.5, 0.6) is 0 Å². The summed E-state index contributed by atoms with van der Waals surface area (Å²) in [6.45, 7) is 3.29. The van der Waals surface area contributed by atoms with Crippen molar-refractivity contribution in [2.45, 2.75) is 12.8 Å². The zero-order valence-corrected chi connectivity index (χ0v) is 11.0. The van der Waals surface area contributed by atoms with Crippen molar-refractivity contribution in [3.63, 3.8) is 0 Å². The summed E-state index contributed by atoms with van der Waals surface area (Å²) < 4.78 is 5.01. The van der Waals surface area contributed by atoms with Crippen LogP contribution in [0.2, 0.25) is 0 Å². The zero-order valence-electron chi connectivity index (χ0n) is 10.2. The third kappa shape index (κ3) is 4.75. The second-order valence-electron chi connectivity index (χ2n) is 4.10. The van der Waals surface area contributed by atoms with Gasteiger partial charge >= 0.3 is 0 Å². The quantitative estimate of drug-likeness (QED) is 0.793. The van der Waals surface area contributed by atoms with Gasteiger partial charge in [0.05, 0.1) is 6.61 Å². The second kappa shape index (κ2) is 7.30. The molecule has 1 aromatic rings. The van der Waals surface area contributed by atoms with E-state index < -0.39 is 0 Å². The molecular formula is C13H18ClNO2. The molecular weight excluding hydrogens is 238 g/mol. The molecule has 1 amide bonds. The number of benzene rings is 1. The van der Waals surface area contributed by atoms with Gasteiger partial charge in [-0.15, -0.1) is 11.6 Å². The molecule has 0 radical (unpaired) electrons. The van der Waals surface area contributed by atoms with Gasteiger partial charge < -0.3 is 10.1 Å². The summed E-state index contributed by atoms with van der Waals surface area (Å²) in [5.74, 6) is 0.715. The molecule has 1 rings (SSSR count). The van der Waals surface area contributed by atoms with Crippen LogP contribution in [0.25, 0.3) is 0 Å². The zero-order chi connectivity index (χ0) is 12.7. The van der Waals surface area contributed by atoms with E-state index in [-0.39, 0.29) is 5.91 Å². The molecule has 1 atom stereocenters. The number of carbonyl (C=O) groups is 1. The van der Waals surface area contributed by atoms with Crippen molar-refractivity contribution in [2.75, 3.05) is 20.3 Å².